The van der Waals surface area contributed by atoms with Crippen molar-refractivity contribution in [1.82, 2.24) is 4.98 Å². The molecule has 0 fully saturated rings. The van der Waals surface area contributed by atoms with Gasteiger partial charge in [-0.15, -0.1) is 0 Å². The third-order valence-corrected chi connectivity index (χ3v) is 2.17. The number of halogens is 1. The van der Waals surface area contributed by atoms with Crippen molar-refractivity contribution in [2.75, 3.05) is 0 Å². The average Bonchev–Trinajstić information content (AvgIpc) is 2.15. The fourth-order valence-electron chi connectivity index (χ4n) is 1.12. The highest BCUT2D eigenvalue weighted by Gasteiger charge is 2.19. The van der Waals surface area contributed by atoms with Gasteiger partial charge in [0.25, 0.3) is 0 Å². The molecule has 0 radical (unpaired) electrons. The van der Waals surface area contributed by atoms with E-state index in [2.05, 4.69) is 4.98 Å². The van der Waals surface area contributed by atoms with Crippen LogP contribution in [-0.4, -0.2) is 21.0 Å². The molecule has 84 valence electrons. The van der Waals surface area contributed by atoms with E-state index in [1.807, 2.05) is 0 Å². The fraction of sp³-hybridized carbons (Fsp3) is 0.111. The van der Waals surface area contributed by atoms with Crippen LogP contribution < -0.4 is 0 Å². The van der Waals surface area contributed by atoms with Crippen molar-refractivity contribution in [3.8, 4) is 0 Å². The molecule has 7 heteroatoms. The lowest BCUT2D eigenvalue weighted by molar-refractivity contribution is -0.385. The summed E-state index contributed by atoms with van der Waals surface area (Å²) in [5.41, 5.74) is 0.315. The van der Waals surface area contributed by atoms with Gasteiger partial charge < -0.3 is 5.11 Å². The second-order valence-electron chi connectivity index (χ2n) is 2.91. The molecule has 1 aromatic rings. The molecule has 1 rings (SSSR count). The maximum Gasteiger partial charge on any atom is 0.328 e. The van der Waals surface area contributed by atoms with Gasteiger partial charge in [0.2, 0.25) is 5.15 Å². The van der Waals surface area contributed by atoms with Crippen molar-refractivity contribution in [3.63, 3.8) is 0 Å². The predicted octanol–water partition coefficient (Wildman–Crippen LogP) is 2.05. The van der Waals surface area contributed by atoms with Gasteiger partial charge in [0.05, 0.1) is 4.92 Å². The van der Waals surface area contributed by atoms with E-state index in [0.717, 1.165) is 6.08 Å². The summed E-state index contributed by atoms with van der Waals surface area (Å²) in [5.74, 6) is -1.14. The number of carboxylic acid groups (broad SMARTS) is 1. The lowest BCUT2D eigenvalue weighted by atomic mass is 10.1. The molecule has 1 N–H and O–H groups in total. The topological polar surface area (TPSA) is 93.3 Å². The standard InChI is InChI=1S/C9H7ClN2O4/c1-5-6(2-3-7(13)14)4-11-9(10)8(5)12(15)16/h2-4H,1H3,(H,13,14). The number of nitro groups is 1. The van der Waals surface area contributed by atoms with Gasteiger partial charge in [-0.05, 0) is 13.0 Å². The largest absolute Gasteiger partial charge is 0.478 e. The quantitative estimate of drug-likeness (QED) is 0.379. The lowest BCUT2D eigenvalue weighted by Crippen LogP contribution is -1.97. The summed E-state index contributed by atoms with van der Waals surface area (Å²) in [7, 11) is 0. The highest BCUT2D eigenvalue weighted by Crippen LogP contribution is 2.28. The van der Waals surface area contributed by atoms with Crippen LogP contribution >= 0.6 is 11.6 Å². The van der Waals surface area contributed by atoms with E-state index in [1.165, 1.54) is 19.2 Å². The second-order valence-corrected chi connectivity index (χ2v) is 3.26. The molecule has 0 atom stereocenters. The van der Waals surface area contributed by atoms with Crippen molar-refractivity contribution in [3.05, 3.63) is 38.7 Å². The Hall–Kier alpha value is -1.95. The number of aliphatic carboxylic acids is 1. The highest BCUT2D eigenvalue weighted by atomic mass is 35.5. The number of hydrogen-bond acceptors (Lipinski definition) is 4. The molecule has 0 spiro atoms. The molecule has 0 aromatic carbocycles. The zero-order chi connectivity index (χ0) is 12.3. The predicted molar refractivity (Wildman–Crippen MR) is 57.3 cm³/mol. The van der Waals surface area contributed by atoms with Crippen LogP contribution in [0.2, 0.25) is 5.15 Å². The molecule has 16 heavy (non-hydrogen) atoms. The van der Waals surface area contributed by atoms with Crippen molar-refractivity contribution < 1.29 is 14.8 Å². The summed E-state index contributed by atoms with van der Waals surface area (Å²) in [6.07, 6.45) is 3.39. The van der Waals surface area contributed by atoms with Crippen LogP contribution in [0.25, 0.3) is 6.08 Å². The zero-order valence-corrected chi connectivity index (χ0v) is 8.93. The van der Waals surface area contributed by atoms with Crippen molar-refractivity contribution in [2.45, 2.75) is 6.92 Å². The minimum absolute atomic E-state index is 0.213. The van der Waals surface area contributed by atoms with Crippen LogP contribution in [0.15, 0.2) is 12.3 Å². The normalized spacial score (nSPS) is 10.6. The van der Waals surface area contributed by atoms with Gasteiger partial charge in [-0.1, -0.05) is 11.6 Å². The van der Waals surface area contributed by atoms with Gasteiger partial charge in [-0.3, -0.25) is 10.1 Å². The summed E-state index contributed by atoms with van der Waals surface area (Å²) in [4.78, 5) is 23.9. The summed E-state index contributed by atoms with van der Waals surface area (Å²) >= 11 is 5.57. The van der Waals surface area contributed by atoms with Crippen LogP contribution in [-0.2, 0) is 4.79 Å². The Morgan fingerprint density at radius 1 is 1.69 bits per heavy atom. The van der Waals surface area contributed by atoms with E-state index < -0.39 is 10.9 Å². The Bertz CT molecular complexity index is 485. The number of carboxylic acids is 1. The van der Waals surface area contributed by atoms with E-state index >= 15 is 0 Å². The number of rotatable bonds is 3. The molecule has 0 aliphatic heterocycles. The summed E-state index contributed by atoms with van der Waals surface area (Å²) in [5, 5.41) is 18.9. The lowest BCUT2D eigenvalue weighted by Gasteiger charge is -2.02. The third kappa shape index (κ3) is 2.54. The number of carbonyl (C=O) groups is 1. The minimum Gasteiger partial charge on any atom is -0.478 e. The summed E-state index contributed by atoms with van der Waals surface area (Å²) < 4.78 is 0. The summed E-state index contributed by atoms with van der Waals surface area (Å²) in [6.45, 7) is 1.48. The summed E-state index contributed by atoms with van der Waals surface area (Å²) in [6, 6.07) is 0. The van der Waals surface area contributed by atoms with Gasteiger partial charge in [0.15, 0.2) is 0 Å². The molecule has 6 nitrogen and oxygen atoms in total. The SMILES string of the molecule is Cc1c(C=CC(=O)O)cnc(Cl)c1[N+](=O)[O-]. The van der Waals surface area contributed by atoms with Gasteiger partial charge >= 0.3 is 11.7 Å². The van der Waals surface area contributed by atoms with Crippen LogP contribution in [0.5, 0.6) is 0 Å². The van der Waals surface area contributed by atoms with E-state index in [-0.39, 0.29) is 16.4 Å². The first kappa shape index (κ1) is 12.1. The van der Waals surface area contributed by atoms with Crippen molar-refractivity contribution >= 4 is 29.3 Å². The van der Waals surface area contributed by atoms with Crippen LogP contribution in [0.1, 0.15) is 11.1 Å². The van der Waals surface area contributed by atoms with Gasteiger partial charge in [0.1, 0.15) is 0 Å². The number of nitrogens with zero attached hydrogens (tertiary/aromatic N) is 2. The van der Waals surface area contributed by atoms with E-state index in [4.69, 9.17) is 16.7 Å². The molecule has 1 heterocycles. The van der Waals surface area contributed by atoms with Crippen LogP contribution in [0, 0.1) is 17.0 Å². The molecule has 1 aromatic heterocycles. The van der Waals surface area contributed by atoms with Crippen LogP contribution in [0.3, 0.4) is 0 Å². The first-order chi connectivity index (χ1) is 7.43. The monoisotopic (exact) mass is 242 g/mol. The molecule has 0 bridgehead atoms. The van der Waals surface area contributed by atoms with Crippen molar-refractivity contribution in [2.24, 2.45) is 0 Å². The Balaban J connectivity index is 3.29. The van der Waals surface area contributed by atoms with Gasteiger partial charge in [-0.2, -0.15) is 0 Å². The molecule has 0 unspecified atom stereocenters. The molecule has 0 amide bonds. The molecule has 0 aliphatic rings. The maximum absolute atomic E-state index is 10.7. The Morgan fingerprint density at radius 2 is 2.31 bits per heavy atom. The molecule has 0 aliphatic carbocycles. The minimum atomic E-state index is -1.14. The highest BCUT2D eigenvalue weighted by molar-refractivity contribution is 6.31. The van der Waals surface area contributed by atoms with E-state index in [0.29, 0.717) is 5.56 Å². The van der Waals surface area contributed by atoms with Crippen molar-refractivity contribution in [1.29, 1.82) is 0 Å². The van der Waals surface area contributed by atoms with E-state index in [1.54, 1.807) is 0 Å². The third-order valence-electron chi connectivity index (χ3n) is 1.89. The van der Waals surface area contributed by atoms with E-state index in [9.17, 15) is 14.9 Å². The smallest absolute Gasteiger partial charge is 0.328 e. The molecular formula is C9H7ClN2O4. The Labute approximate surface area is 95.3 Å². The zero-order valence-electron chi connectivity index (χ0n) is 8.18. The maximum atomic E-state index is 10.7. The molecular weight excluding hydrogens is 236 g/mol. The second kappa shape index (κ2) is 4.71. The fourth-order valence-corrected chi connectivity index (χ4v) is 1.38. The first-order valence-electron chi connectivity index (χ1n) is 4.14. The Morgan fingerprint density at radius 3 is 2.81 bits per heavy atom. The number of pyridine rings is 1. The number of aromatic nitrogens is 1. The average molecular weight is 243 g/mol. The van der Waals surface area contributed by atoms with Gasteiger partial charge in [-0.25, -0.2) is 9.78 Å². The van der Waals surface area contributed by atoms with Crippen LogP contribution in [0.4, 0.5) is 5.69 Å². The van der Waals surface area contributed by atoms with Gasteiger partial charge in [0, 0.05) is 23.4 Å². The molecule has 0 saturated heterocycles. The Kier molecular flexibility index (Phi) is 3.57. The first-order valence-corrected chi connectivity index (χ1v) is 4.51. The molecule has 0 saturated carbocycles. The number of hydrogen-bond donors (Lipinski definition) is 1.